The second-order valence-corrected chi connectivity index (χ2v) is 5.32. The first kappa shape index (κ1) is 15.2. The smallest absolute Gasteiger partial charge is 0.337 e. The van der Waals surface area contributed by atoms with Crippen LogP contribution in [0.5, 0.6) is 0 Å². The van der Waals surface area contributed by atoms with E-state index >= 15 is 0 Å². The Hall–Kier alpha value is -2.20. The highest BCUT2D eigenvalue weighted by Crippen LogP contribution is 2.21. The molecule has 0 radical (unpaired) electrons. The summed E-state index contributed by atoms with van der Waals surface area (Å²) < 4.78 is 0. The zero-order chi connectivity index (χ0) is 15.4. The van der Waals surface area contributed by atoms with E-state index in [0.717, 1.165) is 16.9 Å². The monoisotopic (exact) mass is 304 g/mol. The topological polar surface area (TPSA) is 52.6 Å². The van der Waals surface area contributed by atoms with Crippen LogP contribution < -0.4 is 10.2 Å². The molecule has 21 heavy (non-hydrogen) atoms. The molecule has 0 saturated heterocycles. The lowest BCUT2D eigenvalue weighted by atomic mass is 10.1. The standard InChI is InChI=1S/C16H17ClN2O2/c1-19(2)13-6-3-11(4-7-13)10-18-12-5-8-15(17)14(9-12)16(20)21/h3-9,18H,10H2,1-2H3,(H,20,21). The Kier molecular flexibility index (Phi) is 4.70. The van der Waals surface area contributed by atoms with Gasteiger partial charge in [-0.2, -0.15) is 0 Å². The van der Waals surface area contributed by atoms with Crippen molar-refractivity contribution in [1.29, 1.82) is 0 Å². The first-order valence-electron chi connectivity index (χ1n) is 6.50. The van der Waals surface area contributed by atoms with E-state index in [1.807, 2.05) is 43.3 Å². The molecule has 4 nitrogen and oxygen atoms in total. The Bertz CT molecular complexity index is 639. The Morgan fingerprint density at radius 3 is 2.43 bits per heavy atom. The fraction of sp³-hybridized carbons (Fsp3) is 0.188. The van der Waals surface area contributed by atoms with Crippen molar-refractivity contribution in [3.8, 4) is 0 Å². The number of benzene rings is 2. The molecule has 0 aromatic heterocycles. The maximum atomic E-state index is 11.0. The number of rotatable bonds is 5. The first-order valence-corrected chi connectivity index (χ1v) is 6.88. The molecular weight excluding hydrogens is 288 g/mol. The number of anilines is 2. The highest BCUT2D eigenvalue weighted by atomic mass is 35.5. The fourth-order valence-electron chi connectivity index (χ4n) is 1.92. The molecule has 0 unspecified atom stereocenters. The number of halogens is 1. The minimum Gasteiger partial charge on any atom is -0.478 e. The second kappa shape index (κ2) is 6.50. The number of hydrogen-bond acceptors (Lipinski definition) is 3. The minimum absolute atomic E-state index is 0.102. The third-order valence-electron chi connectivity index (χ3n) is 3.15. The summed E-state index contributed by atoms with van der Waals surface area (Å²) in [6.07, 6.45) is 0. The van der Waals surface area contributed by atoms with Gasteiger partial charge in [0.25, 0.3) is 0 Å². The van der Waals surface area contributed by atoms with Gasteiger partial charge >= 0.3 is 5.97 Å². The molecule has 0 aliphatic heterocycles. The average Bonchev–Trinajstić information content (AvgIpc) is 2.46. The molecule has 0 atom stereocenters. The van der Waals surface area contributed by atoms with Gasteiger partial charge in [0, 0.05) is 32.0 Å². The van der Waals surface area contributed by atoms with Crippen molar-refractivity contribution in [2.24, 2.45) is 0 Å². The normalized spacial score (nSPS) is 10.2. The van der Waals surface area contributed by atoms with Gasteiger partial charge in [0.2, 0.25) is 0 Å². The number of hydrogen-bond donors (Lipinski definition) is 2. The third kappa shape index (κ3) is 3.89. The summed E-state index contributed by atoms with van der Waals surface area (Å²) in [6.45, 7) is 0.619. The largest absolute Gasteiger partial charge is 0.478 e. The van der Waals surface area contributed by atoms with Gasteiger partial charge < -0.3 is 15.3 Å². The van der Waals surface area contributed by atoms with Crippen LogP contribution in [-0.2, 0) is 6.54 Å². The van der Waals surface area contributed by atoms with Crippen molar-refractivity contribution in [2.75, 3.05) is 24.3 Å². The molecule has 2 aromatic rings. The van der Waals surface area contributed by atoms with Gasteiger partial charge in [0.1, 0.15) is 0 Å². The quantitative estimate of drug-likeness (QED) is 0.884. The number of nitrogens with one attached hydrogen (secondary N) is 1. The number of carboxylic acid groups (broad SMARTS) is 1. The Balaban J connectivity index is 2.06. The number of carboxylic acids is 1. The fourth-order valence-corrected chi connectivity index (χ4v) is 2.11. The summed E-state index contributed by atoms with van der Waals surface area (Å²) >= 11 is 5.84. The van der Waals surface area contributed by atoms with Crippen LogP contribution in [0, 0.1) is 0 Å². The van der Waals surface area contributed by atoms with E-state index in [4.69, 9.17) is 16.7 Å². The molecule has 2 aromatic carbocycles. The molecule has 0 saturated carbocycles. The van der Waals surface area contributed by atoms with Gasteiger partial charge in [0.05, 0.1) is 10.6 Å². The van der Waals surface area contributed by atoms with Gasteiger partial charge in [0.15, 0.2) is 0 Å². The number of carbonyl (C=O) groups is 1. The van der Waals surface area contributed by atoms with E-state index in [1.165, 1.54) is 0 Å². The first-order chi connectivity index (χ1) is 9.97. The zero-order valence-electron chi connectivity index (χ0n) is 11.9. The molecule has 0 spiro atoms. The molecule has 110 valence electrons. The Labute approximate surface area is 129 Å². The van der Waals surface area contributed by atoms with Crippen LogP contribution in [0.2, 0.25) is 5.02 Å². The minimum atomic E-state index is -1.03. The summed E-state index contributed by atoms with van der Waals surface area (Å²) in [5.74, 6) is -1.03. The van der Waals surface area contributed by atoms with Gasteiger partial charge in [-0.25, -0.2) is 4.79 Å². The summed E-state index contributed by atoms with van der Waals surface area (Å²) in [5.41, 5.74) is 3.09. The van der Waals surface area contributed by atoms with E-state index in [-0.39, 0.29) is 10.6 Å². The van der Waals surface area contributed by atoms with Gasteiger partial charge in [-0.1, -0.05) is 23.7 Å². The van der Waals surface area contributed by atoms with Gasteiger partial charge in [-0.05, 0) is 35.9 Å². The van der Waals surface area contributed by atoms with E-state index < -0.39 is 5.97 Å². The van der Waals surface area contributed by atoms with Crippen LogP contribution in [-0.4, -0.2) is 25.2 Å². The van der Waals surface area contributed by atoms with Crippen LogP contribution in [0.1, 0.15) is 15.9 Å². The van der Waals surface area contributed by atoms with Crippen LogP contribution in [0.15, 0.2) is 42.5 Å². The molecule has 0 amide bonds. The van der Waals surface area contributed by atoms with Gasteiger partial charge in [-0.15, -0.1) is 0 Å². The average molecular weight is 305 g/mol. The molecule has 0 aliphatic rings. The summed E-state index contributed by atoms with van der Waals surface area (Å²) in [4.78, 5) is 13.1. The summed E-state index contributed by atoms with van der Waals surface area (Å²) in [7, 11) is 3.99. The molecule has 5 heteroatoms. The maximum absolute atomic E-state index is 11.0. The summed E-state index contributed by atoms with van der Waals surface area (Å²) in [6, 6.07) is 13.1. The van der Waals surface area contributed by atoms with Crippen molar-refractivity contribution in [1.82, 2.24) is 0 Å². The predicted octanol–water partition coefficient (Wildman–Crippen LogP) is 3.72. The molecular formula is C16H17ClN2O2. The molecule has 2 rings (SSSR count). The Morgan fingerprint density at radius 1 is 1.19 bits per heavy atom. The SMILES string of the molecule is CN(C)c1ccc(CNc2ccc(Cl)c(C(=O)O)c2)cc1. The highest BCUT2D eigenvalue weighted by Gasteiger charge is 2.09. The number of aromatic carboxylic acids is 1. The van der Waals surface area contributed by atoms with Crippen molar-refractivity contribution in [3.63, 3.8) is 0 Å². The molecule has 0 heterocycles. The van der Waals surface area contributed by atoms with E-state index in [1.54, 1.807) is 18.2 Å². The van der Waals surface area contributed by atoms with Crippen molar-refractivity contribution < 1.29 is 9.90 Å². The third-order valence-corrected chi connectivity index (χ3v) is 3.48. The lowest BCUT2D eigenvalue weighted by Gasteiger charge is -2.13. The molecule has 0 aliphatic carbocycles. The predicted molar refractivity (Wildman–Crippen MR) is 86.5 cm³/mol. The van der Waals surface area contributed by atoms with E-state index in [9.17, 15) is 4.79 Å². The van der Waals surface area contributed by atoms with Crippen LogP contribution in [0.25, 0.3) is 0 Å². The van der Waals surface area contributed by atoms with Gasteiger partial charge in [-0.3, -0.25) is 0 Å². The molecule has 0 bridgehead atoms. The molecule has 0 fully saturated rings. The highest BCUT2D eigenvalue weighted by molar-refractivity contribution is 6.33. The van der Waals surface area contributed by atoms with Crippen LogP contribution >= 0.6 is 11.6 Å². The summed E-state index contributed by atoms with van der Waals surface area (Å²) in [5, 5.41) is 12.5. The lowest BCUT2D eigenvalue weighted by molar-refractivity contribution is 0.0697. The van der Waals surface area contributed by atoms with Crippen LogP contribution in [0.3, 0.4) is 0 Å². The van der Waals surface area contributed by atoms with Crippen LogP contribution in [0.4, 0.5) is 11.4 Å². The number of nitrogens with zero attached hydrogens (tertiary/aromatic N) is 1. The maximum Gasteiger partial charge on any atom is 0.337 e. The van der Waals surface area contributed by atoms with Crippen molar-refractivity contribution in [3.05, 3.63) is 58.6 Å². The van der Waals surface area contributed by atoms with E-state index in [2.05, 4.69) is 5.32 Å². The molecule has 2 N–H and O–H groups in total. The van der Waals surface area contributed by atoms with Crippen molar-refractivity contribution in [2.45, 2.75) is 6.54 Å². The zero-order valence-corrected chi connectivity index (χ0v) is 12.7. The second-order valence-electron chi connectivity index (χ2n) is 4.91. The lowest BCUT2D eigenvalue weighted by Crippen LogP contribution is -2.08. The Morgan fingerprint density at radius 2 is 1.86 bits per heavy atom. The van der Waals surface area contributed by atoms with Crippen molar-refractivity contribution >= 4 is 28.9 Å². The van der Waals surface area contributed by atoms with E-state index in [0.29, 0.717) is 6.54 Å².